The molecule has 0 amide bonds. The van der Waals surface area contributed by atoms with Gasteiger partial charge in [0.1, 0.15) is 0 Å². The van der Waals surface area contributed by atoms with Gasteiger partial charge in [0, 0.05) is 25.2 Å². The van der Waals surface area contributed by atoms with Crippen molar-refractivity contribution in [1.29, 1.82) is 0 Å². The van der Waals surface area contributed by atoms with Crippen LogP contribution in [0.25, 0.3) is 0 Å². The van der Waals surface area contributed by atoms with Crippen molar-refractivity contribution in [3.63, 3.8) is 0 Å². The summed E-state index contributed by atoms with van der Waals surface area (Å²) in [7, 11) is 0. The maximum atomic E-state index is 10.6. The van der Waals surface area contributed by atoms with Gasteiger partial charge in [-0.15, -0.1) is 0 Å². The van der Waals surface area contributed by atoms with Crippen molar-refractivity contribution in [2.75, 3.05) is 19.8 Å². The molecule has 17 heavy (non-hydrogen) atoms. The van der Waals surface area contributed by atoms with E-state index in [1.54, 1.807) is 0 Å². The molecule has 1 aliphatic rings. The average molecular weight is 243 g/mol. The zero-order chi connectivity index (χ0) is 12.9. The summed E-state index contributed by atoms with van der Waals surface area (Å²) in [5.41, 5.74) is 5.88. The van der Waals surface area contributed by atoms with Crippen molar-refractivity contribution in [3.05, 3.63) is 0 Å². The maximum Gasteiger partial charge on any atom is 0.0659 e. The Bertz CT molecular complexity index is 230. The molecule has 0 aromatic carbocycles. The molecule has 1 saturated carbocycles. The van der Waals surface area contributed by atoms with E-state index in [1.165, 1.54) is 6.42 Å². The Kier molecular flexibility index (Phi) is 5.42. The average Bonchev–Trinajstić information content (AvgIpc) is 2.30. The van der Waals surface area contributed by atoms with Crippen LogP contribution in [0.15, 0.2) is 0 Å². The van der Waals surface area contributed by atoms with Crippen LogP contribution < -0.4 is 5.73 Å². The third-order valence-electron chi connectivity index (χ3n) is 4.39. The van der Waals surface area contributed by atoms with Gasteiger partial charge in [-0.2, -0.15) is 0 Å². The van der Waals surface area contributed by atoms with Crippen LogP contribution in [-0.4, -0.2) is 31.0 Å². The molecule has 0 aromatic heterocycles. The molecule has 3 N–H and O–H groups in total. The fourth-order valence-corrected chi connectivity index (χ4v) is 3.25. The third-order valence-corrected chi connectivity index (χ3v) is 4.39. The topological polar surface area (TPSA) is 55.5 Å². The summed E-state index contributed by atoms with van der Waals surface area (Å²) in [4.78, 5) is 0. The lowest BCUT2D eigenvalue weighted by Gasteiger charge is -2.49. The first-order valence-corrected chi connectivity index (χ1v) is 6.94. The van der Waals surface area contributed by atoms with Crippen molar-refractivity contribution in [1.82, 2.24) is 0 Å². The van der Waals surface area contributed by atoms with Gasteiger partial charge in [0.25, 0.3) is 0 Å². The molecule has 1 aliphatic carbocycles. The summed E-state index contributed by atoms with van der Waals surface area (Å²) in [5, 5.41) is 10.6. The van der Waals surface area contributed by atoms with Crippen molar-refractivity contribution in [2.24, 2.45) is 16.6 Å². The lowest BCUT2D eigenvalue weighted by atomic mass is 9.59. The van der Waals surface area contributed by atoms with Crippen molar-refractivity contribution < 1.29 is 9.84 Å². The monoisotopic (exact) mass is 243 g/mol. The van der Waals surface area contributed by atoms with Gasteiger partial charge in [-0.05, 0) is 38.0 Å². The number of hydrogen-bond acceptors (Lipinski definition) is 3. The Morgan fingerprint density at radius 3 is 2.65 bits per heavy atom. The molecule has 2 atom stereocenters. The van der Waals surface area contributed by atoms with E-state index >= 15 is 0 Å². The Morgan fingerprint density at radius 2 is 2.06 bits per heavy atom. The van der Waals surface area contributed by atoms with Crippen LogP contribution >= 0.6 is 0 Å². The molecule has 0 aromatic rings. The minimum absolute atomic E-state index is 0.00321. The summed E-state index contributed by atoms with van der Waals surface area (Å²) in [6.45, 7) is 8.46. The van der Waals surface area contributed by atoms with Gasteiger partial charge in [0.15, 0.2) is 0 Å². The van der Waals surface area contributed by atoms with Crippen LogP contribution in [0, 0.1) is 10.8 Å². The number of ether oxygens (including phenoxy) is 1. The predicted octanol–water partition coefficient (Wildman–Crippen LogP) is 2.32. The molecule has 0 spiro atoms. The predicted molar refractivity (Wildman–Crippen MR) is 70.9 cm³/mol. The van der Waals surface area contributed by atoms with E-state index < -0.39 is 0 Å². The summed E-state index contributed by atoms with van der Waals surface area (Å²) >= 11 is 0. The molecular weight excluding hydrogens is 214 g/mol. The molecule has 1 fully saturated rings. The normalized spacial score (nSPS) is 32.6. The van der Waals surface area contributed by atoms with Crippen LogP contribution in [0.3, 0.4) is 0 Å². The van der Waals surface area contributed by atoms with Gasteiger partial charge in [-0.25, -0.2) is 0 Å². The van der Waals surface area contributed by atoms with Gasteiger partial charge in [-0.3, -0.25) is 0 Å². The molecule has 3 nitrogen and oxygen atoms in total. The Balaban J connectivity index is 2.59. The van der Waals surface area contributed by atoms with E-state index in [4.69, 9.17) is 10.5 Å². The first-order chi connectivity index (χ1) is 7.98. The van der Waals surface area contributed by atoms with E-state index in [0.29, 0.717) is 6.54 Å². The van der Waals surface area contributed by atoms with Crippen molar-refractivity contribution >= 4 is 0 Å². The number of nitrogens with two attached hydrogens (primary N) is 1. The number of aliphatic hydroxyl groups excluding tert-OH is 1. The zero-order valence-corrected chi connectivity index (χ0v) is 11.7. The third kappa shape index (κ3) is 3.43. The maximum absolute atomic E-state index is 10.6. The van der Waals surface area contributed by atoms with Crippen LogP contribution in [0.5, 0.6) is 0 Å². The van der Waals surface area contributed by atoms with Crippen molar-refractivity contribution in [2.45, 2.75) is 59.0 Å². The summed E-state index contributed by atoms with van der Waals surface area (Å²) < 4.78 is 5.38. The van der Waals surface area contributed by atoms with Crippen LogP contribution in [0.4, 0.5) is 0 Å². The SMILES string of the molecule is CCOCCCC1(CN)CCCC(C)(C)C1O. The Morgan fingerprint density at radius 1 is 1.35 bits per heavy atom. The minimum atomic E-state index is -0.282. The fraction of sp³-hybridized carbons (Fsp3) is 1.00. The highest BCUT2D eigenvalue weighted by molar-refractivity contribution is 4.98. The highest BCUT2D eigenvalue weighted by Crippen LogP contribution is 2.48. The molecular formula is C14H29NO2. The fourth-order valence-electron chi connectivity index (χ4n) is 3.25. The highest BCUT2D eigenvalue weighted by atomic mass is 16.5. The van der Waals surface area contributed by atoms with E-state index in [2.05, 4.69) is 13.8 Å². The van der Waals surface area contributed by atoms with E-state index in [0.717, 1.165) is 38.9 Å². The number of aliphatic hydroxyl groups is 1. The molecule has 0 radical (unpaired) electrons. The lowest BCUT2D eigenvalue weighted by molar-refractivity contribution is -0.0949. The van der Waals surface area contributed by atoms with E-state index in [1.807, 2.05) is 6.92 Å². The first-order valence-electron chi connectivity index (χ1n) is 6.94. The van der Waals surface area contributed by atoms with Crippen LogP contribution in [0.2, 0.25) is 0 Å². The minimum Gasteiger partial charge on any atom is -0.392 e. The second-order valence-electron chi connectivity index (χ2n) is 6.11. The van der Waals surface area contributed by atoms with Gasteiger partial charge in [0.05, 0.1) is 6.10 Å². The summed E-state index contributed by atoms with van der Waals surface area (Å²) in [5.74, 6) is 0. The van der Waals surface area contributed by atoms with Gasteiger partial charge in [-0.1, -0.05) is 20.3 Å². The molecule has 0 saturated heterocycles. The van der Waals surface area contributed by atoms with E-state index in [-0.39, 0.29) is 16.9 Å². The molecule has 0 aliphatic heterocycles. The zero-order valence-electron chi connectivity index (χ0n) is 11.7. The second kappa shape index (κ2) is 6.17. The van der Waals surface area contributed by atoms with E-state index in [9.17, 15) is 5.11 Å². The number of rotatable bonds is 6. The first kappa shape index (κ1) is 14.9. The second-order valence-corrected chi connectivity index (χ2v) is 6.11. The number of hydrogen-bond donors (Lipinski definition) is 2. The summed E-state index contributed by atoms with van der Waals surface area (Å²) in [6.07, 6.45) is 5.03. The Hall–Kier alpha value is -0.120. The van der Waals surface area contributed by atoms with Crippen LogP contribution in [-0.2, 0) is 4.74 Å². The molecule has 102 valence electrons. The quantitative estimate of drug-likeness (QED) is 0.704. The summed E-state index contributed by atoms with van der Waals surface area (Å²) in [6, 6.07) is 0. The molecule has 1 rings (SSSR count). The smallest absolute Gasteiger partial charge is 0.0659 e. The Labute approximate surface area is 106 Å². The largest absolute Gasteiger partial charge is 0.392 e. The van der Waals surface area contributed by atoms with Gasteiger partial charge < -0.3 is 15.6 Å². The van der Waals surface area contributed by atoms with Gasteiger partial charge >= 0.3 is 0 Å². The molecule has 0 heterocycles. The van der Waals surface area contributed by atoms with Gasteiger partial charge in [0.2, 0.25) is 0 Å². The molecule has 0 bridgehead atoms. The van der Waals surface area contributed by atoms with Crippen LogP contribution in [0.1, 0.15) is 52.9 Å². The standard InChI is InChI=1S/C14H29NO2/c1-4-17-10-6-9-14(11-15)8-5-7-13(2,3)12(14)16/h12,16H,4-11,15H2,1-3H3. The molecule has 2 unspecified atom stereocenters. The van der Waals surface area contributed by atoms with Crippen molar-refractivity contribution in [3.8, 4) is 0 Å². The molecule has 3 heteroatoms. The lowest BCUT2D eigenvalue weighted by Crippen LogP contribution is -2.52. The highest BCUT2D eigenvalue weighted by Gasteiger charge is 2.47.